The minimum absolute atomic E-state index is 0.0810. The van der Waals surface area contributed by atoms with Crippen LogP contribution in [0.4, 0.5) is 13.2 Å². The van der Waals surface area contributed by atoms with Crippen molar-refractivity contribution >= 4 is 29.0 Å². The first-order valence-electron chi connectivity index (χ1n) is 5.65. The second-order valence-corrected chi connectivity index (χ2v) is 5.39. The Morgan fingerprint density at radius 2 is 2.00 bits per heavy atom. The van der Waals surface area contributed by atoms with E-state index >= 15 is 0 Å². The summed E-state index contributed by atoms with van der Waals surface area (Å²) in [4.78, 5) is 3.76. The molecule has 0 aliphatic rings. The van der Waals surface area contributed by atoms with Gasteiger partial charge in [0, 0.05) is 12.4 Å². The number of nitrogens with zero attached hydrogens (tertiary/aromatic N) is 4. The first-order valence-corrected chi connectivity index (χ1v) is 6.85. The molecule has 3 heterocycles. The summed E-state index contributed by atoms with van der Waals surface area (Å²) in [6, 6.07) is 6.21. The molecule has 0 unspecified atom stereocenters. The number of rotatable bonds is 2. The zero-order valence-electron chi connectivity index (χ0n) is 10.2. The number of aromatic nitrogens is 4. The summed E-state index contributed by atoms with van der Waals surface area (Å²) < 4.78 is 39.4. The number of pyridine rings is 2. The molecule has 0 aliphatic heterocycles. The van der Waals surface area contributed by atoms with Crippen LogP contribution < -0.4 is 0 Å². The average molecular weight is 331 g/mol. The first-order chi connectivity index (χ1) is 9.95. The predicted molar refractivity (Wildman–Crippen MR) is 71.4 cm³/mol. The second kappa shape index (κ2) is 5.19. The lowest BCUT2D eigenvalue weighted by Gasteiger charge is -2.08. The maximum Gasteiger partial charge on any atom is 0.417 e. The summed E-state index contributed by atoms with van der Waals surface area (Å²) in [5.41, 5.74) is -0.258. The van der Waals surface area contributed by atoms with Crippen molar-refractivity contribution in [3.05, 3.63) is 47.2 Å². The van der Waals surface area contributed by atoms with Crippen LogP contribution in [-0.2, 0) is 6.18 Å². The van der Waals surface area contributed by atoms with Gasteiger partial charge in [0.1, 0.15) is 5.03 Å². The van der Waals surface area contributed by atoms with E-state index in [0.29, 0.717) is 10.8 Å². The van der Waals surface area contributed by atoms with E-state index in [1.54, 1.807) is 22.7 Å². The molecular weight excluding hydrogens is 325 g/mol. The van der Waals surface area contributed by atoms with Gasteiger partial charge in [0.05, 0.1) is 10.6 Å². The van der Waals surface area contributed by atoms with E-state index in [-0.39, 0.29) is 10.0 Å². The normalized spacial score (nSPS) is 12.0. The van der Waals surface area contributed by atoms with Crippen LogP contribution in [0, 0.1) is 0 Å². The molecule has 0 radical (unpaired) electrons. The smallest absolute Gasteiger partial charge is 0.277 e. The van der Waals surface area contributed by atoms with Gasteiger partial charge in [0.25, 0.3) is 0 Å². The van der Waals surface area contributed by atoms with Crippen LogP contribution in [0.3, 0.4) is 0 Å². The minimum Gasteiger partial charge on any atom is -0.277 e. The van der Waals surface area contributed by atoms with Crippen molar-refractivity contribution in [1.82, 2.24) is 19.6 Å². The van der Waals surface area contributed by atoms with Crippen molar-refractivity contribution in [3.8, 4) is 0 Å². The van der Waals surface area contributed by atoms with Crippen LogP contribution in [0.25, 0.3) is 5.65 Å². The maximum absolute atomic E-state index is 12.6. The van der Waals surface area contributed by atoms with Crippen molar-refractivity contribution in [2.24, 2.45) is 0 Å². The van der Waals surface area contributed by atoms with E-state index in [4.69, 9.17) is 11.6 Å². The zero-order chi connectivity index (χ0) is 15.0. The third-order valence-corrected chi connectivity index (χ3v) is 3.98. The van der Waals surface area contributed by atoms with Gasteiger partial charge < -0.3 is 0 Å². The molecule has 3 rings (SSSR count). The molecular formula is C12H6ClF3N4S. The first kappa shape index (κ1) is 14.2. The van der Waals surface area contributed by atoms with Crippen LogP contribution in [0.2, 0.25) is 5.02 Å². The molecule has 0 fully saturated rings. The fourth-order valence-corrected chi connectivity index (χ4v) is 2.68. The van der Waals surface area contributed by atoms with Crippen molar-refractivity contribution in [3.63, 3.8) is 0 Å². The Hall–Kier alpha value is -1.80. The Morgan fingerprint density at radius 1 is 1.19 bits per heavy atom. The highest BCUT2D eigenvalue weighted by Crippen LogP contribution is 2.35. The van der Waals surface area contributed by atoms with Crippen molar-refractivity contribution in [2.75, 3.05) is 0 Å². The van der Waals surface area contributed by atoms with Gasteiger partial charge in [-0.2, -0.15) is 13.2 Å². The molecule has 21 heavy (non-hydrogen) atoms. The molecule has 0 bridgehead atoms. The van der Waals surface area contributed by atoms with Gasteiger partial charge in [0.15, 0.2) is 5.65 Å². The maximum atomic E-state index is 12.6. The van der Waals surface area contributed by atoms with Gasteiger partial charge in [-0.25, -0.2) is 4.98 Å². The number of hydrogen-bond acceptors (Lipinski definition) is 4. The van der Waals surface area contributed by atoms with Crippen LogP contribution in [0.15, 0.2) is 46.8 Å². The predicted octanol–water partition coefficient (Wildman–Crippen LogP) is 3.95. The Labute approximate surface area is 126 Å². The summed E-state index contributed by atoms with van der Waals surface area (Å²) >= 11 is 6.91. The molecule has 4 nitrogen and oxygen atoms in total. The van der Waals surface area contributed by atoms with Gasteiger partial charge in [-0.15, -0.1) is 10.2 Å². The van der Waals surface area contributed by atoms with Crippen molar-refractivity contribution in [2.45, 2.75) is 16.4 Å². The molecule has 0 amide bonds. The summed E-state index contributed by atoms with van der Waals surface area (Å²) in [5, 5.41) is 8.53. The molecule has 0 spiro atoms. The number of alkyl halides is 3. The second-order valence-electron chi connectivity index (χ2n) is 4.02. The highest BCUT2D eigenvalue weighted by atomic mass is 35.5. The van der Waals surface area contributed by atoms with Gasteiger partial charge in [-0.1, -0.05) is 17.7 Å². The molecule has 9 heteroatoms. The number of halogens is 4. The summed E-state index contributed by atoms with van der Waals surface area (Å²) in [6.07, 6.45) is -1.98. The molecule has 108 valence electrons. The average Bonchev–Trinajstić information content (AvgIpc) is 2.83. The Balaban J connectivity index is 1.95. The van der Waals surface area contributed by atoms with E-state index < -0.39 is 11.7 Å². The Kier molecular flexibility index (Phi) is 3.50. The minimum atomic E-state index is -4.47. The molecule has 0 aromatic carbocycles. The van der Waals surface area contributed by atoms with E-state index in [2.05, 4.69) is 15.2 Å². The number of hydrogen-bond donors (Lipinski definition) is 0. The molecule has 0 atom stereocenters. The highest BCUT2D eigenvalue weighted by Gasteiger charge is 2.31. The summed E-state index contributed by atoms with van der Waals surface area (Å²) in [7, 11) is 0. The monoisotopic (exact) mass is 330 g/mol. The largest absolute Gasteiger partial charge is 0.417 e. The summed E-state index contributed by atoms with van der Waals surface area (Å²) in [5.74, 6) is 0. The van der Waals surface area contributed by atoms with Crippen molar-refractivity contribution < 1.29 is 13.2 Å². The van der Waals surface area contributed by atoms with Gasteiger partial charge in [-0.3, -0.25) is 4.40 Å². The van der Waals surface area contributed by atoms with Crippen LogP contribution in [0.1, 0.15) is 5.56 Å². The van der Waals surface area contributed by atoms with Gasteiger partial charge in [-0.05, 0) is 30.0 Å². The van der Waals surface area contributed by atoms with E-state index in [0.717, 1.165) is 24.0 Å². The summed E-state index contributed by atoms with van der Waals surface area (Å²) in [6.45, 7) is 0. The molecule has 3 aromatic heterocycles. The Morgan fingerprint density at radius 3 is 2.71 bits per heavy atom. The lowest BCUT2D eigenvalue weighted by atomic mass is 10.3. The number of fused-ring (bicyclic) bond motifs is 1. The topological polar surface area (TPSA) is 43.1 Å². The van der Waals surface area contributed by atoms with Crippen LogP contribution >= 0.6 is 23.4 Å². The standard InChI is InChI=1S/C12H6ClF3N4S/c13-8-5-7(12(14,15)16)6-17-10(8)21-11-19-18-9-3-1-2-4-20(9)11/h1-6H. The van der Waals surface area contributed by atoms with Gasteiger partial charge in [0.2, 0.25) is 5.16 Å². The quantitative estimate of drug-likeness (QED) is 0.713. The molecule has 0 N–H and O–H groups in total. The lowest BCUT2D eigenvalue weighted by Crippen LogP contribution is -2.05. The Bertz CT molecular complexity index is 803. The molecule has 0 saturated carbocycles. The van der Waals surface area contributed by atoms with Gasteiger partial charge >= 0.3 is 6.18 Å². The highest BCUT2D eigenvalue weighted by molar-refractivity contribution is 7.99. The van der Waals surface area contributed by atoms with E-state index in [1.165, 1.54) is 0 Å². The van der Waals surface area contributed by atoms with Crippen LogP contribution in [0.5, 0.6) is 0 Å². The fraction of sp³-hybridized carbons (Fsp3) is 0.0833. The lowest BCUT2D eigenvalue weighted by molar-refractivity contribution is -0.137. The zero-order valence-corrected chi connectivity index (χ0v) is 11.7. The third-order valence-electron chi connectivity index (χ3n) is 2.61. The van der Waals surface area contributed by atoms with Crippen molar-refractivity contribution in [1.29, 1.82) is 0 Å². The third kappa shape index (κ3) is 2.81. The molecule has 0 saturated heterocycles. The fourth-order valence-electron chi connectivity index (χ4n) is 1.63. The molecule has 3 aromatic rings. The van der Waals surface area contributed by atoms with Crippen LogP contribution in [-0.4, -0.2) is 19.6 Å². The van der Waals surface area contributed by atoms with E-state index in [9.17, 15) is 13.2 Å². The SMILES string of the molecule is FC(F)(F)c1cnc(Sc2nnc3ccccn23)c(Cl)c1. The van der Waals surface area contributed by atoms with E-state index in [1.807, 2.05) is 6.07 Å². The molecule has 0 aliphatic carbocycles.